The number of likely N-dealkylation sites (N-methyl/N-ethyl adjacent to an activating group) is 1. The zero-order valence-corrected chi connectivity index (χ0v) is 12.0. The van der Waals surface area contributed by atoms with Crippen LogP contribution >= 0.6 is 0 Å². The Labute approximate surface area is 107 Å². The van der Waals surface area contributed by atoms with Gasteiger partial charge in [0.15, 0.2) is 0 Å². The Balaban J connectivity index is 2.00. The fourth-order valence-corrected chi connectivity index (χ4v) is 3.52. The topological polar surface area (TPSA) is 18.5 Å². The summed E-state index contributed by atoms with van der Waals surface area (Å²) >= 11 is 0. The highest BCUT2D eigenvalue weighted by atomic mass is 15.2. The molecule has 2 rings (SSSR count). The molecule has 3 nitrogen and oxygen atoms in total. The Morgan fingerprint density at radius 3 is 2.65 bits per heavy atom. The van der Waals surface area contributed by atoms with E-state index in [1.54, 1.807) is 0 Å². The monoisotopic (exact) mass is 239 g/mol. The molecule has 3 heteroatoms. The van der Waals surface area contributed by atoms with Crippen LogP contribution < -0.4 is 5.32 Å². The van der Waals surface area contributed by atoms with Gasteiger partial charge in [-0.2, -0.15) is 0 Å². The Morgan fingerprint density at radius 2 is 2.00 bits per heavy atom. The largest absolute Gasteiger partial charge is 0.316 e. The van der Waals surface area contributed by atoms with Crippen molar-refractivity contribution in [1.29, 1.82) is 0 Å². The molecule has 2 saturated heterocycles. The van der Waals surface area contributed by atoms with Gasteiger partial charge in [-0.1, -0.05) is 13.8 Å². The number of rotatable bonds is 2. The van der Waals surface area contributed by atoms with Gasteiger partial charge in [0.25, 0.3) is 0 Å². The average Bonchev–Trinajstić information content (AvgIpc) is 2.28. The molecule has 0 saturated carbocycles. The summed E-state index contributed by atoms with van der Waals surface area (Å²) < 4.78 is 0. The molecule has 0 bridgehead atoms. The summed E-state index contributed by atoms with van der Waals surface area (Å²) in [4.78, 5) is 5.16. The normalized spacial score (nSPS) is 35.1. The molecule has 0 aromatic heterocycles. The Bertz CT molecular complexity index is 250. The van der Waals surface area contributed by atoms with Crippen LogP contribution in [-0.2, 0) is 0 Å². The van der Waals surface area contributed by atoms with Crippen LogP contribution in [0, 0.1) is 5.41 Å². The van der Waals surface area contributed by atoms with Crippen LogP contribution in [0.15, 0.2) is 0 Å². The van der Waals surface area contributed by atoms with Crippen molar-refractivity contribution in [2.24, 2.45) is 5.41 Å². The van der Waals surface area contributed by atoms with Crippen LogP contribution in [0.1, 0.15) is 33.1 Å². The lowest BCUT2D eigenvalue weighted by molar-refractivity contribution is 0.0200. The minimum atomic E-state index is 0.423. The van der Waals surface area contributed by atoms with Gasteiger partial charge in [0.1, 0.15) is 0 Å². The summed E-state index contributed by atoms with van der Waals surface area (Å²) in [6.07, 6.45) is 4.05. The molecule has 0 amide bonds. The van der Waals surface area contributed by atoms with Crippen LogP contribution in [0.4, 0.5) is 0 Å². The van der Waals surface area contributed by atoms with Crippen molar-refractivity contribution in [3.63, 3.8) is 0 Å². The van der Waals surface area contributed by atoms with E-state index in [4.69, 9.17) is 0 Å². The van der Waals surface area contributed by atoms with Crippen molar-refractivity contribution in [2.45, 2.75) is 45.2 Å². The number of likely N-dealkylation sites (tertiary alicyclic amines) is 1. The first-order chi connectivity index (χ1) is 8.00. The van der Waals surface area contributed by atoms with Gasteiger partial charge in [0, 0.05) is 25.2 Å². The summed E-state index contributed by atoms with van der Waals surface area (Å²) in [5.41, 5.74) is 0.423. The smallest absolute Gasteiger partial charge is 0.0217 e. The molecule has 0 aromatic carbocycles. The standard InChI is InChI=1S/C14H29N3/c1-14(2)11-15-8-7-13(14)17-9-5-6-12(10-17)16(3)4/h12-13,15H,5-11H2,1-4H3. The van der Waals surface area contributed by atoms with Gasteiger partial charge in [0.05, 0.1) is 0 Å². The molecule has 2 fully saturated rings. The van der Waals surface area contributed by atoms with Gasteiger partial charge >= 0.3 is 0 Å². The van der Waals surface area contributed by atoms with Crippen LogP contribution in [0.3, 0.4) is 0 Å². The maximum atomic E-state index is 3.54. The second-order valence-corrected chi connectivity index (χ2v) is 6.72. The van der Waals surface area contributed by atoms with Crippen LogP contribution in [0.25, 0.3) is 0 Å². The maximum Gasteiger partial charge on any atom is 0.0217 e. The van der Waals surface area contributed by atoms with Gasteiger partial charge in [-0.05, 0) is 51.9 Å². The summed E-state index contributed by atoms with van der Waals surface area (Å²) in [6.45, 7) is 9.77. The third-order valence-electron chi connectivity index (χ3n) is 4.68. The minimum Gasteiger partial charge on any atom is -0.316 e. The SMILES string of the molecule is CN(C)C1CCCN(C2CCNCC2(C)C)C1. The molecule has 1 N–H and O–H groups in total. The van der Waals surface area contributed by atoms with E-state index < -0.39 is 0 Å². The molecule has 2 heterocycles. The van der Waals surface area contributed by atoms with Crippen LogP contribution in [0.2, 0.25) is 0 Å². The summed E-state index contributed by atoms with van der Waals surface area (Å²) in [6, 6.07) is 1.53. The van der Waals surface area contributed by atoms with E-state index in [-0.39, 0.29) is 0 Å². The van der Waals surface area contributed by atoms with Crippen molar-refractivity contribution in [2.75, 3.05) is 40.3 Å². The van der Waals surface area contributed by atoms with E-state index >= 15 is 0 Å². The van der Waals surface area contributed by atoms with E-state index in [2.05, 4.69) is 43.1 Å². The van der Waals surface area contributed by atoms with Crippen molar-refractivity contribution in [3.8, 4) is 0 Å². The molecule has 2 aliphatic rings. The third kappa shape index (κ3) is 3.01. The van der Waals surface area contributed by atoms with Gasteiger partial charge in [-0.3, -0.25) is 4.90 Å². The lowest BCUT2D eigenvalue weighted by atomic mass is 9.78. The molecular weight excluding hydrogens is 210 g/mol. The molecular formula is C14H29N3. The van der Waals surface area contributed by atoms with Crippen molar-refractivity contribution in [3.05, 3.63) is 0 Å². The Morgan fingerprint density at radius 1 is 1.24 bits per heavy atom. The first-order valence-electron chi connectivity index (χ1n) is 7.12. The second kappa shape index (κ2) is 5.25. The summed E-state index contributed by atoms with van der Waals surface area (Å²) in [5, 5.41) is 3.54. The zero-order valence-electron chi connectivity index (χ0n) is 12.0. The fraction of sp³-hybridized carbons (Fsp3) is 1.00. The maximum absolute atomic E-state index is 3.54. The van der Waals surface area contributed by atoms with Gasteiger partial charge in [-0.15, -0.1) is 0 Å². The highest BCUT2D eigenvalue weighted by Crippen LogP contribution is 2.31. The van der Waals surface area contributed by atoms with Gasteiger partial charge in [0.2, 0.25) is 0 Å². The molecule has 100 valence electrons. The van der Waals surface area contributed by atoms with Gasteiger partial charge in [-0.25, -0.2) is 0 Å². The molecule has 0 aromatic rings. The third-order valence-corrected chi connectivity index (χ3v) is 4.68. The number of hydrogen-bond donors (Lipinski definition) is 1. The van der Waals surface area contributed by atoms with Crippen molar-refractivity contribution >= 4 is 0 Å². The molecule has 0 aliphatic carbocycles. The zero-order chi connectivity index (χ0) is 12.5. The highest BCUT2D eigenvalue weighted by Gasteiger charge is 2.38. The summed E-state index contributed by atoms with van der Waals surface area (Å²) in [5.74, 6) is 0. The van der Waals surface area contributed by atoms with E-state index in [0.29, 0.717) is 5.41 Å². The molecule has 0 radical (unpaired) electrons. The van der Waals surface area contributed by atoms with Crippen LogP contribution in [0.5, 0.6) is 0 Å². The quantitative estimate of drug-likeness (QED) is 0.786. The molecule has 2 aliphatic heterocycles. The van der Waals surface area contributed by atoms with E-state index in [0.717, 1.165) is 12.1 Å². The Hall–Kier alpha value is -0.120. The predicted octanol–water partition coefficient (Wildman–Crippen LogP) is 1.40. The van der Waals surface area contributed by atoms with Crippen LogP contribution in [-0.4, -0.2) is 62.2 Å². The first kappa shape index (κ1) is 13.3. The molecule has 2 atom stereocenters. The first-order valence-corrected chi connectivity index (χ1v) is 7.12. The number of nitrogens with zero attached hydrogens (tertiary/aromatic N) is 2. The predicted molar refractivity (Wildman–Crippen MR) is 73.3 cm³/mol. The number of hydrogen-bond acceptors (Lipinski definition) is 3. The number of nitrogens with one attached hydrogen (secondary N) is 1. The minimum absolute atomic E-state index is 0.423. The lowest BCUT2D eigenvalue weighted by Gasteiger charge is -2.49. The van der Waals surface area contributed by atoms with E-state index in [9.17, 15) is 0 Å². The van der Waals surface area contributed by atoms with Gasteiger partial charge < -0.3 is 10.2 Å². The molecule has 0 spiro atoms. The van der Waals surface area contributed by atoms with E-state index in [1.807, 2.05) is 0 Å². The fourth-order valence-electron chi connectivity index (χ4n) is 3.52. The van der Waals surface area contributed by atoms with Crippen molar-refractivity contribution < 1.29 is 0 Å². The lowest BCUT2D eigenvalue weighted by Crippen LogP contribution is -2.58. The second-order valence-electron chi connectivity index (χ2n) is 6.72. The highest BCUT2D eigenvalue weighted by molar-refractivity contribution is 4.94. The average molecular weight is 239 g/mol. The molecule has 17 heavy (non-hydrogen) atoms. The van der Waals surface area contributed by atoms with E-state index in [1.165, 1.54) is 45.4 Å². The summed E-state index contributed by atoms with van der Waals surface area (Å²) in [7, 11) is 4.45. The number of piperidine rings is 2. The molecule has 2 unspecified atom stereocenters. The Kier molecular flexibility index (Phi) is 4.11. The van der Waals surface area contributed by atoms with Crippen molar-refractivity contribution in [1.82, 2.24) is 15.1 Å².